The summed E-state index contributed by atoms with van der Waals surface area (Å²) < 4.78 is 0. The summed E-state index contributed by atoms with van der Waals surface area (Å²) in [6.07, 6.45) is 6.15. The van der Waals surface area contributed by atoms with Gasteiger partial charge in [-0.3, -0.25) is 0 Å². The molecule has 0 saturated heterocycles. The molecule has 0 unspecified atom stereocenters. The first-order valence-corrected chi connectivity index (χ1v) is 5.47. The topological polar surface area (TPSA) is 69.7 Å². The minimum atomic E-state index is 0.705. The number of aromatic nitrogens is 4. The maximum absolute atomic E-state index is 4.37. The van der Waals surface area contributed by atoms with Gasteiger partial charge in [0.15, 0.2) is 0 Å². The van der Waals surface area contributed by atoms with Crippen LogP contribution in [0.1, 0.15) is 5.69 Å². The van der Waals surface area contributed by atoms with Crippen LogP contribution in [0.15, 0.2) is 24.8 Å². The molecule has 0 aliphatic heterocycles. The Morgan fingerprint density at radius 1 is 1.41 bits per heavy atom. The number of aromatic amines is 1. The van der Waals surface area contributed by atoms with Gasteiger partial charge in [0.1, 0.15) is 5.82 Å². The van der Waals surface area contributed by atoms with Crippen molar-refractivity contribution in [1.29, 1.82) is 0 Å². The molecule has 0 atom stereocenters. The van der Waals surface area contributed by atoms with Crippen LogP contribution in [0.5, 0.6) is 0 Å². The van der Waals surface area contributed by atoms with Crippen LogP contribution in [0.25, 0.3) is 0 Å². The minimum absolute atomic E-state index is 0.705. The van der Waals surface area contributed by atoms with Crippen molar-refractivity contribution < 1.29 is 0 Å². The maximum Gasteiger partial charge on any atom is 0.226 e. The Hall–Kier alpha value is -2.11. The van der Waals surface area contributed by atoms with Crippen molar-refractivity contribution in [3.05, 3.63) is 30.5 Å². The lowest BCUT2D eigenvalue weighted by atomic mass is 10.3. The van der Waals surface area contributed by atoms with E-state index in [4.69, 9.17) is 0 Å². The summed E-state index contributed by atoms with van der Waals surface area (Å²) in [6.45, 7) is 0.812. The molecule has 0 radical (unpaired) electrons. The number of imidazole rings is 1. The largest absolute Gasteiger partial charge is 0.370 e. The number of rotatable bonds is 5. The van der Waals surface area contributed by atoms with Gasteiger partial charge in [-0.1, -0.05) is 0 Å². The predicted molar refractivity (Wildman–Crippen MR) is 67.1 cm³/mol. The molecule has 90 valence electrons. The van der Waals surface area contributed by atoms with Crippen molar-refractivity contribution in [2.45, 2.75) is 6.42 Å². The number of anilines is 2. The predicted octanol–water partition coefficient (Wildman–Crippen LogP) is 0.920. The second-order valence-corrected chi connectivity index (χ2v) is 3.89. The molecule has 0 bridgehead atoms. The maximum atomic E-state index is 4.37. The van der Waals surface area contributed by atoms with E-state index in [9.17, 15) is 0 Å². The Balaban J connectivity index is 1.88. The lowest BCUT2D eigenvalue weighted by Gasteiger charge is -2.11. The molecule has 0 fully saturated rings. The van der Waals surface area contributed by atoms with Gasteiger partial charge >= 0.3 is 0 Å². The molecule has 17 heavy (non-hydrogen) atoms. The Labute approximate surface area is 100 Å². The zero-order valence-corrected chi connectivity index (χ0v) is 10.0. The highest BCUT2D eigenvalue weighted by Gasteiger charge is 2.00. The molecule has 0 aliphatic rings. The summed E-state index contributed by atoms with van der Waals surface area (Å²) in [5, 5.41) is 3.25. The van der Waals surface area contributed by atoms with Gasteiger partial charge in [0.2, 0.25) is 5.95 Å². The van der Waals surface area contributed by atoms with Crippen molar-refractivity contribution in [1.82, 2.24) is 19.9 Å². The van der Waals surface area contributed by atoms with Gasteiger partial charge in [0, 0.05) is 45.1 Å². The van der Waals surface area contributed by atoms with Crippen LogP contribution in [-0.2, 0) is 6.42 Å². The summed E-state index contributed by atoms with van der Waals surface area (Å²) in [5.74, 6) is 1.54. The van der Waals surface area contributed by atoms with Crippen LogP contribution < -0.4 is 10.2 Å². The Morgan fingerprint density at radius 3 is 3.00 bits per heavy atom. The third-order valence-electron chi connectivity index (χ3n) is 2.30. The van der Waals surface area contributed by atoms with Crippen molar-refractivity contribution in [3.8, 4) is 0 Å². The molecular formula is C11H16N6. The second-order valence-electron chi connectivity index (χ2n) is 3.89. The van der Waals surface area contributed by atoms with E-state index in [1.807, 2.05) is 31.3 Å². The van der Waals surface area contributed by atoms with Crippen molar-refractivity contribution >= 4 is 11.8 Å². The number of nitrogens with one attached hydrogen (secondary N) is 2. The monoisotopic (exact) mass is 232 g/mol. The second kappa shape index (κ2) is 5.29. The molecule has 6 nitrogen and oxygen atoms in total. The third-order valence-corrected chi connectivity index (χ3v) is 2.30. The highest BCUT2D eigenvalue weighted by molar-refractivity contribution is 5.40. The molecule has 2 rings (SSSR count). The van der Waals surface area contributed by atoms with Crippen LogP contribution in [0.2, 0.25) is 0 Å². The lowest BCUT2D eigenvalue weighted by Crippen LogP contribution is -2.14. The average Bonchev–Trinajstić information content (AvgIpc) is 2.82. The van der Waals surface area contributed by atoms with Gasteiger partial charge in [-0.05, 0) is 6.07 Å². The molecule has 2 aromatic heterocycles. The molecule has 2 heterocycles. The van der Waals surface area contributed by atoms with Gasteiger partial charge in [-0.2, -0.15) is 4.98 Å². The van der Waals surface area contributed by atoms with Gasteiger partial charge in [-0.25, -0.2) is 9.97 Å². The third kappa shape index (κ3) is 3.17. The first-order chi connectivity index (χ1) is 8.25. The SMILES string of the molecule is CN(C)c1nccc(NCCc2cnc[nH]2)n1. The highest BCUT2D eigenvalue weighted by atomic mass is 15.2. The number of nitrogens with zero attached hydrogens (tertiary/aromatic N) is 4. The van der Waals surface area contributed by atoms with E-state index < -0.39 is 0 Å². The van der Waals surface area contributed by atoms with Crippen LogP contribution in [0.3, 0.4) is 0 Å². The van der Waals surface area contributed by atoms with Crippen LogP contribution in [-0.4, -0.2) is 40.6 Å². The normalized spacial score (nSPS) is 10.2. The number of hydrogen-bond acceptors (Lipinski definition) is 5. The van der Waals surface area contributed by atoms with Gasteiger partial charge < -0.3 is 15.2 Å². The molecule has 0 amide bonds. The smallest absolute Gasteiger partial charge is 0.226 e. The first-order valence-electron chi connectivity index (χ1n) is 5.47. The van der Waals surface area contributed by atoms with Gasteiger partial charge in [0.05, 0.1) is 6.33 Å². The van der Waals surface area contributed by atoms with E-state index in [1.165, 1.54) is 0 Å². The van der Waals surface area contributed by atoms with Crippen molar-refractivity contribution in [2.75, 3.05) is 30.9 Å². The van der Waals surface area contributed by atoms with E-state index in [-0.39, 0.29) is 0 Å². The Bertz CT molecular complexity index is 451. The summed E-state index contributed by atoms with van der Waals surface area (Å²) in [5.41, 5.74) is 1.11. The molecule has 6 heteroatoms. The van der Waals surface area contributed by atoms with Gasteiger partial charge in [-0.15, -0.1) is 0 Å². The Kier molecular flexibility index (Phi) is 3.54. The summed E-state index contributed by atoms with van der Waals surface area (Å²) in [6, 6.07) is 1.86. The van der Waals surface area contributed by atoms with Crippen LogP contribution in [0, 0.1) is 0 Å². The molecular weight excluding hydrogens is 216 g/mol. The van der Waals surface area contributed by atoms with E-state index in [1.54, 1.807) is 12.5 Å². The van der Waals surface area contributed by atoms with Gasteiger partial charge in [0.25, 0.3) is 0 Å². The first kappa shape index (κ1) is 11.4. The quantitative estimate of drug-likeness (QED) is 0.802. The lowest BCUT2D eigenvalue weighted by molar-refractivity contribution is 0.950. The summed E-state index contributed by atoms with van der Waals surface area (Å²) in [7, 11) is 3.84. The Morgan fingerprint density at radius 2 is 2.29 bits per heavy atom. The van der Waals surface area contributed by atoms with Crippen LogP contribution in [0.4, 0.5) is 11.8 Å². The zero-order valence-electron chi connectivity index (χ0n) is 10.0. The van der Waals surface area contributed by atoms with Crippen molar-refractivity contribution in [2.24, 2.45) is 0 Å². The zero-order chi connectivity index (χ0) is 12.1. The van der Waals surface area contributed by atoms with Crippen molar-refractivity contribution in [3.63, 3.8) is 0 Å². The highest BCUT2D eigenvalue weighted by Crippen LogP contribution is 2.07. The number of H-pyrrole nitrogens is 1. The van der Waals surface area contributed by atoms with Crippen LogP contribution >= 0.6 is 0 Å². The fourth-order valence-corrected chi connectivity index (χ4v) is 1.41. The summed E-state index contributed by atoms with van der Waals surface area (Å²) >= 11 is 0. The standard InChI is InChI=1S/C11H16N6/c1-17(2)11-14-6-4-10(16-11)13-5-3-9-7-12-8-15-9/h4,6-8H,3,5H2,1-2H3,(H,12,15)(H,13,14,16). The van der Waals surface area contributed by atoms with E-state index in [0.717, 1.165) is 24.5 Å². The molecule has 0 spiro atoms. The fraction of sp³-hybridized carbons (Fsp3) is 0.364. The molecule has 2 N–H and O–H groups in total. The number of hydrogen-bond donors (Lipinski definition) is 2. The minimum Gasteiger partial charge on any atom is -0.370 e. The molecule has 0 aliphatic carbocycles. The molecule has 0 aromatic carbocycles. The fourth-order valence-electron chi connectivity index (χ4n) is 1.41. The molecule has 2 aromatic rings. The molecule has 0 saturated carbocycles. The average molecular weight is 232 g/mol. The van der Waals surface area contributed by atoms with E-state index in [0.29, 0.717) is 5.95 Å². The van der Waals surface area contributed by atoms with E-state index in [2.05, 4.69) is 25.3 Å². The summed E-state index contributed by atoms with van der Waals surface area (Å²) in [4.78, 5) is 17.4. The van der Waals surface area contributed by atoms with E-state index >= 15 is 0 Å².